The van der Waals surface area contributed by atoms with E-state index in [1.165, 1.54) is 18.4 Å². The van der Waals surface area contributed by atoms with E-state index < -0.39 is 0 Å². The summed E-state index contributed by atoms with van der Waals surface area (Å²) in [6.45, 7) is 3.64. The standard InChI is InChI=1S/C28H29FN2O/c1-19-3-14-26-25(17-19)27(29)28(22-8-12-24(32-2)13-9-22)31(26)18-21-6-4-20(5-7-21)15-16-30-23-10-11-23/h3-9,12-14,17,23,30H,10-11,15-16,18H2,1-2H3. The van der Waals surface area contributed by atoms with Gasteiger partial charge in [0.2, 0.25) is 0 Å². The van der Waals surface area contributed by atoms with Crippen LogP contribution in [-0.4, -0.2) is 24.3 Å². The second-order valence-corrected chi connectivity index (χ2v) is 8.79. The van der Waals surface area contributed by atoms with Crippen LogP contribution in [0.1, 0.15) is 29.5 Å². The number of fused-ring (bicyclic) bond motifs is 1. The van der Waals surface area contributed by atoms with Gasteiger partial charge in [-0.25, -0.2) is 4.39 Å². The second kappa shape index (κ2) is 8.79. The molecule has 3 aromatic carbocycles. The van der Waals surface area contributed by atoms with Crippen molar-refractivity contribution >= 4 is 10.9 Å². The number of nitrogens with zero attached hydrogens (tertiary/aromatic N) is 1. The number of hydrogen-bond acceptors (Lipinski definition) is 2. The number of nitrogens with one attached hydrogen (secondary N) is 1. The number of rotatable bonds is 8. The fraction of sp³-hybridized carbons (Fsp3) is 0.286. The van der Waals surface area contributed by atoms with Crippen molar-refractivity contribution in [2.75, 3.05) is 13.7 Å². The van der Waals surface area contributed by atoms with E-state index >= 15 is 4.39 Å². The lowest BCUT2D eigenvalue weighted by molar-refractivity contribution is 0.415. The molecule has 1 saturated carbocycles. The zero-order valence-electron chi connectivity index (χ0n) is 18.7. The van der Waals surface area contributed by atoms with Crippen LogP contribution in [0.2, 0.25) is 0 Å². The Morgan fingerprint density at radius 1 is 0.969 bits per heavy atom. The molecule has 32 heavy (non-hydrogen) atoms. The van der Waals surface area contributed by atoms with Crippen LogP contribution in [0.3, 0.4) is 0 Å². The van der Waals surface area contributed by atoms with Crippen molar-refractivity contribution in [2.45, 2.75) is 38.8 Å². The molecule has 5 rings (SSSR count). The topological polar surface area (TPSA) is 26.2 Å². The fourth-order valence-corrected chi connectivity index (χ4v) is 4.33. The Balaban J connectivity index is 1.47. The van der Waals surface area contributed by atoms with Crippen molar-refractivity contribution in [1.29, 1.82) is 0 Å². The predicted molar refractivity (Wildman–Crippen MR) is 129 cm³/mol. The number of ether oxygens (including phenoxy) is 1. The Labute approximate surface area is 188 Å². The fourth-order valence-electron chi connectivity index (χ4n) is 4.33. The number of benzene rings is 3. The van der Waals surface area contributed by atoms with Crippen LogP contribution in [0.4, 0.5) is 4.39 Å². The monoisotopic (exact) mass is 428 g/mol. The third-order valence-electron chi connectivity index (χ3n) is 6.31. The molecule has 1 aliphatic carbocycles. The van der Waals surface area contributed by atoms with E-state index in [9.17, 15) is 0 Å². The molecular weight excluding hydrogens is 399 g/mol. The van der Waals surface area contributed by atoms with Crippen molar-refractivity contribution in [2.24, 2.45) is 0 Å². The molecule has 1 N–H and O–H groups in total. The Bertz CT molecular complexity index is 1220. The summed E-state index contributed by atoms with van der Waals surface area (Å²) in [6, 6.07) is 23.1. The van der Waals surface area contributed by atoms with E-state index in [1.54, 1.807) is 7.11 Å². The zero-order chi connectivity index (χ0) is 22.1. The maximum Gasteiger partial charge on any atom is 0.156 e. The van der Waals surface area contributed by atoms with Crippen LogP contribution >= 0.6 is 0 Å². The summed E-state index contributed by atoms with van der Waals surface area (Å²) >= 11 is 0. The molecular formula is C28H29FN2O. The molecule has 1 aliphatic rings. The number of methoxy groups -OCH3 is 1. The highest BCUT2D eigenvalue weighted by atomic mass is 19.1. The first-order valence-electron chi connectivity index (χ1n) is 11.4. The molecule has 1 aromatic heterocycles. The van der Waals surface area contributed by atoms with Gasteiger partial charge in [0.1, 0.15) is 5.75 Å². The van der Waals surface area contributed by atoms with Gasteiger partial charge < -0.3 is 14.6 Å². The molecule has 0 atom stereocenters. The van der Waals surface area contributed by atoms with Gasteiger partial charge in [0, 0.05) is 23.5 Å². The first-order chi connectivity index (χ1) is 15.6. The minimum absolute atomic E-state index is 0.170. The maximum atomic E-state index is 15.7. The minimum atomic E-state index is -0.170. The van der Waals surface area contributed by atoms with Crippen molar-refractivity contribution in [3.8, 4) is 17.0 Å². The molecule has 0 unspecified atom stereocenters. The van der Waals surface area contributed by atoms with Crippen LogP contribution in [0, 0.1) is 12.7 Å². The van der Waals surface area contributed by atoms with E-state index in [4.69, 9.17) is 4.74 Å². The Morgan fingerprint density at radius 2 is 1.69 bits per heavy atom. The molecule has 4 aromatic rings. The van der Waals surface area contributed by atoms with Crippen LogP contribution in [-0.2, 0) is 13.0 Å². The molecule has 1 heterocycles. The molecule has 0 amide bonds. The average Bonchev–Trinajstić information content (AvgIpc) is 3.60. The van der Waals surface area contributed by atoms with E-state index in [-0.39, 0.29) is 5.82 Å². The zero-order valence-corrected chi connectivity index (χ0v) is 18.7. The van der Waals surface area contributed by atoms with E-state index in [0.29, 0.717) is 17.6 Å². The average molecular weight is 429 g/mol. The number of halogens is 1. The van der Waals surface area contributed by atoms with Crippen LogP contribution in [0.25, 0.3) is 22.2 Å². The summed E-state index contributed by atoms with van der Waals surface area (Å²) < 4.78 is 23.0. The normalized spacial score (nSPS) is 13.6. The van der Waals surface area contributed by atoms with Gasteiger partial charge in [0.15, 0.2) is 5.82 Å². The predicted octanol–water partition coefficient (Wildman–Crippen LogP) is 6.11. The van der Waals surface area contributed by atoms with Gasteiger partial charge in [-0.1, -0.05) is 35.9 Å². The number of aromatic nitrogens is 1. The highest BCUT2D eigenvalue weighted by molar-refractivity contribution is 5.88. The second-order valence-electron chi connectivity index (χ2n) is 8.79. The summed E-state index contributed by atoms with van der Waals surface area (Å²) in [4.78, 5) is 0. The van der Waals surface area contributed by atoms with E-state index in [1.807, 2.05) is 49.4 Å². The highest BCUT2D eigenvalue weighted by Crippen LogP contribution is 2.34. The summed E-state index contributed by atoms with van der Waals surface area (Å²) in [6.07, 6.45) is 3.67. The Hall–Kier alpha value is -3.11. The van der Waals surface area contributed by atoms with Crippen molar-refractivity contribution in [3.05, 3.63) is 89.2 Å². The van der Waals surface area contributed by atoms with Crippen molar-refractivity contribution in [3.63, 3.8) is 0 Å². The van der Waals surface area contributed by atoms with Gasteiger partial charge in [0.05, 0.1) is 18.3 Å². The van der Waals surface area contributed by atoms with Crippen LogP contribution in [0.5, 0.6) is 5.75 Å². The summed E-state index contributed by atoms with van der Waals surface area (Å²) in [7, 11) is 1.64. The lowest BCUT2D eigenvalue weighted by atomic mass is 10.1. The van der Waals surface area contributed by atoms with Gasteiger partial charge in [-0.15, -0.1) is 0 Å². The van der Waals surface area contributed by atoms with Gasteiger partial charge >= 0.3 is 0 Å². The van der Waals surface area contributed by atoms with Crippen molar-refractivity contribution in [1.82, 2.24) is 9.88 Å². The lowest BCUT2D eigenvalue weighted by Gasteiger charge is -2.13. The number of aryl methyl sites for hydroxylation is 1. The summed E-state index contributed by atoms with van der Waals surface area (Å²) in [5.74, 6) is 0.594. The lowest BCUT2D eigenvalue weighted by Crippen LogP contribution is -2.19. The minimum Gasteiger partial charge on any atom is -0.497 e. The number of hydrogen-bond donors (Lipinski definition) is 1. The quantitative estimate of drug-likeness (QED) is 0.367. The molecule has 0 saturated heterocycles. The molecule has 0 spiro atoms. The summed E-state index contributed by atoms with van der Waals surface area (Å²) in [5.41, 5.74) is 5.93. The molecule has 0 radical (unpaired) electrons. The third kappa shape index (κ3) is 4.28. The Kier molecular flexibility index (Phi) is 5.71. The molecule has 3 nitrogen and oxygen atoms in total. The van der Waals surface area contributed by atoms with Gasteiger partial charge in [-0.05, 0) is 80.3 Å². The molecule has 0 bridgehead atoms. The van der Waals surface area contributed by atoms with E-state index in [0.717, 1.165) is 47.0 Å². The first kappa shape index (κ1) is 20.8. The van der Waals surface area contributed by atoms with Gasteiger partial charge in [-0.3, -0.25) is 0 Å². The van der Waals surface area contributed by atoms with Crippen LogP contribution < -0.4 is 10.1 Å². The highest BCUT2D eigenvalue weighted by Gasteiger charge is 2.20. The van der Waals surface area contributed by atoms with Crippen LogP contribution in [0.15, 0.2) is 66.7 Å². The molecule has 164 valence electrons. The van der Waals surface area contributed by atoms with Gasteiger partial charge in [-0.2, -0.15) is 0 Å². The maximum absolute atomic E-state index is 15.7. The third-order valence-corrected chi connectivity index (χ3v) is 6.31. The molecule has 4 heteroatoms. The summed E-state index contributed by atoms with van der Waals surface area (Å²) in [5, 5.41) is 4.23. The largest absolute Gasteiger partial charge is 0.497 e. The van der Waals surface area contributed by atoms with Crippen molar-refractivity contribution < 1.29 is 9.13 Å². The molecule has 0 aliphatic heterocycles. The van der Waals surface area contributed by atoms with Gasteiger partial charge in [0.25, 0.3) is 0 Å². The SMILES string of the molecule is COc1ccc(-c2c(F)c3cc(C)ccc3n2Cc2ccc(CCNC3CC3)cc2)cc1. The first-order valence-corrected chi connectivity index (χ1v) is 11.4. The molecule has 1 fully saturated rings. The smallest absolute Gasteiger partial charge is 0.156 e. The Morgan fingerprint density at radius 3 is 2.38 bits per heavy atom. The van der Waals surface area contributed by atoms with E-state index in [2.05, 4.69) is 34.1 Å².